The first kappa shape index (κ1) is 27.8. The molecular weight excluding hydrogens is 528 g/mol. The Balaban J connectivity index is 1.46. The SMILES string of the molecule is COc1ccc(Oc2ccc(Cl)cc2NC(=O)CCc2cc(S(=O)(=O)N3CCCCC3)ccc2OC)cc1. The van der Waals surface area contributed by atoms with Gasteiger partial charge >= 0.3 is 0 Å². The van der Waals surface area contributed by atoms with Crippen molar-refractivity contribution in [2.24, 2.45) is 0 Å². The molecular formula is C28H31ClN2O6S. The van der Waals surface area contributed by atoms with E-state index >= 15 is 0 Å². The van der Waals surface area contributed by atoms with Crippen molar-refractivity contribution in [3.63, 3.8) is 0 Å². The first-order valence-corrected chi connectivity index (χ1v) is 14.2. The van der Waals surface area contributed by atoms with Gasteiger partial charge in [0.05, 0.1) is 24.8 Å². The number of nitrogens with zero attached hydrogens (tertiary/aromatic N) is 1. The molecule has 1 N–H and O–H groups in total. The third-order valence-electron chi connectivity index (χ3n) is 6.33. The van der Waals surface area contributed by atoms with Crippen LogP contribution in [0.1, 0.15) is 31.2 Å². The number of nitrogens with one attached hydrogen (secondary N) is 1. The Labute approximate surface area is 228 Å². The highest BCUT2D eigenvalue weighted by molar-refractivity contribution is 7.89. The number of halogens is 1. The van der Waals surface area contributed by atoms with E-state index in [2.05, 4.69) is 5.32 Å². The van der Waals surface area contributed by atoms with E-state index in [4.69, 9.17) is 25.8 Å². The molecule has 0 unspecified atom stereocenters. The van der Waals surface area contributed by atoms with Crippen LogP contribution in [0.3, 0.4) is 0 Å². The number of sulfonamides is 1. The van der Waals surface area contributed by atoms with Crippen molar-refractivity contribution in [2.45, 2.75) is 37.0 Å². The Bertz CT molecular complexity index is 1370. The standard InChI is InChI=1S/C28H31ClN2O6S/c1-35-22-8-10-23(11-9-22)37-27-13-7-21(29)19-25(27)30-28(32)15-6-20-18-24(12-14-26(20)36-2)38(33,34)31-16-4-3-5-17-31/h7-14,18-19H,3-6,15-17H2,1-2H3,(H,30,32). The zero-order valence-electron chi connectivity index (χ0n) is 21.4. The van der Waals surface area contributed by atoms with Crippen LogP contribution in [0.5, 0.6) is 23.0 Å². The van der Waals surface area contributed by atoms with Crippen molar-refractivity contribution < 1.29 is 27.4 Å². The third-order valence-corrected chi connectivity index (χ3v) is 8.46. The molecule has 1 saturated heterocycles. The third kappa shape index (κ3) is 6.78. The Hall–Kier alpha value is -3.27. The number of carbonyl (C=O) groups is 1. The first-order chi connectivity index (χ1) is 18.3. The fraction of sp³-hybridized carbons (Fsp3) is 0.321. The summed E-state index contributed by atoms with van der Waals surface area (Å²) in [6.45, 7) is 1.04. The topological polar surface area (TPSA) is 94.2 Å². The number of piperidine rings is 1. The molecule has 0 spiro atoms. The molecule has 0 radical (unpaired) electrons. The van der Waals surface area contributed by atoms with E-state index in [9.17, 15) is 13.2 Å². The number of ether oxygens (including phenoxy) is 3. The molecule has 38 heavy (non-hydrogen) atoms. The van der Waals surface area contributed by atoms with Crippen LogP contribution in [0.4, 0.5) is 5.69 Å². The Morgan fingerprint density at radius 1 is 0.895 bits per heavy atom. The molecule has 0 saturated carbocycles. The van der Waals surface area contributed by atoms with Crippen molar-refractivity contribution in [1.29, 1.82) is 0 Å². The Morgan fingerprint density at radius 2 is 1.58 bits per heavy atom. The molecule has 0 bridgehead atoms. The number of benzene rings is 3. The molecule has 202 valence electrons. The molecule has 8 nitrogen and oxygen atoms in total. The number of rotatable bonds is 10. The van der Waals surface area contributed by atoms with Gasteiger partial charge in [0.2, 0.25) is 15.9 Å². The summed E-state index contributed by atoms with van der Waals surface area (Å²) < 4.78 is 44.4. The normalized spacial score (nSPS) is 14.1. The van der Waals surface area contributed by atoms with Gasteiger partial charge in [-0.2, -0.15) is 4.31 Å². The number of amides is 1. The van der Waals surface area contributed by atoms with Crippen molar-refractivity contribution in [2.75, 3.05) is 32.6 Å². The maximum atomic E-state index is 13.1. The Kier molecular flexibility index (Phi) is 9.14. The lowest BCUT2D eigenvalue weighted by Crippen LogP contribution is -2.35. The lowest BCUT2D eigenvalue weighted by Gasteiger charge is -2.26. The molecule has 0 aromatic heterocycles. The highest BCUT2D eigenvalue weighted by Crippen LogP contribution is 2.33. The smallest absolute Gasteiger partial charge is 0.243 e. The average Bonchev–Trinajstić information content (AvgIpc) is 2.94. The summed E-state index contributed by atoms with van der Waals surface area (Å²) in [5.41, 5.74) is 1.06. The van der Waals surface area contributed by atoms with Crippen LogP contribution in [0.2, 0.25) is 5.02 Å². The van der Waals surface area contributed by atoms with Gasteiger partial charge < -0.3 is 19.5 Å². The number of hydrogen-bond donors (Lipinski definition) is 1. The molecule has 0 atom stereocenters. The van der Waals surface area contributed by atoms with Crippen LogP contribution >= 0.6 is 11.6 Å². The van der Waals surface area contributed by atoms with Crippen LogP contribution in [-0.2, 0) is 21.2 Å². The summed E-state index contributed by atoms with van der Waals surface area (Å²) in [7, 11) is -0.497. The summed E-state index contributed by atoms with van der Waals surface area (Å²) in [6.07, 6.45) is 3.13. The zero-order chi connectivity index (χ0) is 27.1. The fourth-order valence-corrected chi connectivity index (χ4v) is 6.03. The monoisotopic (exact) mass is 558 g/mol. The molecule has 3 aromatic carbocycles. The van der Waals surface area contributed by atoms with Gasteiger partial charge in [0.15, 0.2) is 5.75 Å². The predicted molar refractivity (Wildman–Crippen MR) is 147 cm³/mol. The predicted octanol–water partition coefficient (Wildman–Crippen LogP) is 5.90. The number of carbonyl (C=O) groups excluding carboxylic acids is 1. The summed E-state index contributed by atoms with van der Waals surface area (Å²) in [5, 5.41) is 3.30. The number of hydrogen-bond acceptors (Lipinski definition) is 6. The van der Waals surface area contributed by atoms with E-state index < -0.39 is 10.0 Å². The van der Waals surface area contributed by atoms with E-state index in [0.29, 0.717) is 52.4 Å². The zero-order valence-corrected chi connectivity index (χ0v) is 23.0. The van der Waals surface area contributed by atoms with Crippen molar-refractivity contribution in [3.8, 4) is 23.0 Å². The van der Waals surface area contributed by atoms with Crippen LogP contribution in [0.25, 0.3) is 0 Å². The average molecular weight is 559 g/mol. The van der Waals surface area contributed by atoms with Crippen LogP contribution in [0.15, 0.2) is 65.6 Å². The van der Waals surface area contributed by atoms with Crippen molar-refractivity contribution in [1.82, 2.24) is 4.31 Å². The van der Waals surface area contributed by atoms with Gasteiger partial charge in [0.25, 0.3) is 0 Å². The minimum atomic E-state index is -3.60. The molecule has 1 aliphatic heterocycles. The quantitative estimate of drug-likeness (QED) is 0.333. The van der Waals surface area contributed by atoms with E-state index in [1.165, 1.54) is 11.4 Å². The minimum Gasteiger partial charge on any atom is -0.497 e. The summed E-state index contributed by atoms with van der Waals surface area (Å²) in [4.78, 5) is 13.1. The molecule has 1 amide bonds. The van der Waals surface area contributed by atoms with Gasteiger partial charge in [-0.3, -0.25) is 4.79 Å². The van der Waals surface area contributed by atoms with Gasteiger partial charge in [-0.15, -0.1) is 0 Å². The van der Waals surface area contributed by atoms with Crippen LogP contribution in [0, 0.1) is 0 Å². The van der Waals surface area contributed by atoms with E-state index in [-0.39, 0.29) is 23.6 Å². The van der Waals surface area contributed by atoms with E-state index in [0.717, 1.165) is 19.3 Å². The number of anilines is 1. The molecule has 3 aromatic rings. The van der Waals surface area contributed by atoms with E-state index in [1.807, 2.05) is 0 Å². The lowest BCUT2D eigenvalue weighted by atomic mass is 10.1. The largest absolute Gasteiger partial charge is 0.497 e. The maximum Gasteiger partial charge on any atom is 0.243 e. The number of aryl methyl sites for hydroxylation is 1. The highest BCUT2D eigenvalue weighted by Gasteiger charge is 2.26. The molecule has 4 rings (SSSR count). The van der Waals surface area contributed by atoms with Gasteiger partial charge in [-0.1, -0.05) is 18.0 Å². The van der Waals surface area contributed by atoms with Crippen LogP contribution in [-0.4, -0.2) is 45.9 Å². The molecule has 1 aliphatic rings. The van der Waals surface area contributed by atoms with Gasteiger partial charge in [-0.25, -0.2) is 8.42 Å². The van der Waals surface area contributed by atoms with Crippen molar-refractivity contribution in [3.05, 3.63) is 71.2 Å². The lowest BCUT2D eigenvalue weighted by molar-refractivity contribution is -0.116. The highest BCUT2D eigenvalue weighted by atomic mass is 35.5. The second-order valence-corrected chi connectivity index (χ2v) is 11.3. The Morgan fingerprint density at radius 3 is 2.26 bits per heavy atom. The molecule has 1 heterocycles. The van der Waals surface area contributed by atoms with Crippen LogP contribution < -0.4 is 19.5 Å². The first-order valence-electron chi connectivity index (χ1n) is 12.4. The summed E-state index contributed by atoms with van der Waals surface area (Å²) >= 11 is 6.18. The second kappa shape index (κ2) is 12.5. The summed E-state index contributed by atoms with van der Waals surface area (Å²) in [5.74, 6) is 1.95. The number of methoxy groups -OCH3 is 2. The van der Waals surface area contributed by atoms with Gasteiger partial charge in [0.1, 0.15) is 17.2 Å². The van der Waals surface area contributed by atoms with Crippen molar-refractivity contribution >= 4 is 33.2 Å². The summed E-state index contributed by atoms with van der Waals surface area (Å²) in [6, 6.07) is 16.8. The van der Waals surface area contributed by atoms with Gasteiger partial charge in [0, 0.05) is 24.5 Å². The van der Waals surface area contributed by atoms with Gasteiger partial charge in [-0.05, 0) is 85.5 Å². The van der Waals surface area contributed by atoms with E-state index in [1.54, 1.807) is 67.8 Å². The molecule has 1 fully saturated rings. The maximum absolute atomic E-state index is 13.1. The minimum absolute atomic E-state index is 0.0953. The second-order valence-electron chi connectivity index (χ2n) is 8.90. The molecule has 0 aliphatic carbocycles. The fourth-order valence-electron chi connectivity index (χ4n) is 4.29. The molecule has 10 heteroatoms.